The number of primary amides is 1. The Hall–Kier alpha value is -1.95. The Kier molecular flexibility index (Phi) is 10.5. The van der Waals surface area contributed by atoms with E-state index in [4.69, 9.17) is 22.3 Å². The van der Waals surface area contributed by atoms with Crippen LogP contribution in [-0.2, 0) is 17.6 Å². The van der Waals surface area contributed by atoms with Crippen LogP contribution in [0.1, 0.15) is 74.3 Å². The van der Waals surface area contributed by atoms with Gasteiger partial charge in [-0.3, -0.25) is 9.78 Å². The SMILES string of the molecule is CC.NC(=O)N1CCC(CC(=O)N2CCC(=C[C@H]3c4ncc(P)cc4CCc4cc(Cl)cc(Br)c43)CC2)CC1. The number of carbonyl (C=O) groups is 2. The van der Waals surface area contributed by atoms with Crippen LogP contribution in [0.3, 0.4) is 0 Å². The molecule has 2 atom stereocenters. The lowest BCUT2D eigenvalue weighted by atomic mass is 9.87. The van der Waals surface area contributed by atoms with Gasteiger partial charge in [0.05, 0.1) is 5.69 Å². The first kappa shape index (κ1) is 30.0. The lowest BCUT2D eigenvalue weighted by molar-refractivity contribution is -0.132. The molecule has 0 saturated carbocycles. The average molecular weight is 634 g/mol. The number of allylic oxidation sites excluding steroid dienone is 1. The molecule has 3 heterocycles. The summed E-state index contributed by atoms with van der Waals surface area (Å²) < 4.78 is 1.02. The maximum absolute atomic E-state index is 13.0. The Balaban J connectivity index is 0.00000172. The smallest absolute Gasteiger partial charge is 0.314 e. The van der Waals surface area contributed by atoms with Crippen molar-refractivity contribution in [2.45, 2.75) is 64.7 Å². The van der Waals surface area contributed by atoms with Crippen molar-refractivity contribution in [2.24, 2.45) is 11.7 Å². The third-order valence-electron chi connectivity index (χ3n) is 8.02. The first-order valence-electron chi connectivity index (χ1n) is 14.0. The first-order valence-corrected chi connectivity index (χ1v) is 15.8. The molecular weight excluding hydrogens is 595 g/mol. The molecule has 3 aliphatic rings. The highest BCUT2D eigenvalue weighted by Crippen LogP contribution is 2.41. The standard InChI is InChI=1S/C28H33BrClN4O2P.C2H6/c29-24-15-21(30)13-19-1-2-20-14-22(37)16-32-27(20)23(26(19)24)11-17-3-7-33(8-4-17)25(35)12-18-5-9-34(10-6-18)28(31)36;1-2/h11,13-16,18,23H,1-10,12,37H2,(H2,31,36);1-2H3/t23-;/m1./s1. The summed E-state index contributed by atoms with van der Waals surface area (Å²) in [4.78, 5) is 33.0. The van der Waals surface area contributed by atoms with E-state index >= 15 is 0 Å². The molecule has 2 N–H and O–H groups in total. The second kappa shape index (κ2) is 13.6. The maximum atomic E-state index is 13.0. The second-order valence-corrected chi connectivity index (χ2v) is 12.4. The third kappa shape index (κ3) is 7.23. The number of nitrogens with zero attached hydrogens (tertiary/aromatic N) is 3. The average Bonchev–Trinajstić information content (AvgIpc) is 3.07. The summed E-state index contributed by atoms with van der Waals surface area (Å²) in [5.41, 5.74) is 11.7. The van der Waals surface area contributed by atoms with Gasteiger partial charge in [0.1, 0.15) is 0 Å². The van der Waals surface area contributed by atoms with Crippen LogP contribution in [0, 0.1) is 5.92 Å². The van der Waals surface area contributed by atoms with Crippen LogP contribution >= 0.6 is 36.8 Å². The van der Waals surface area contributed by atoms with E-state index in [1.54, 1.807) is 4.90 Å². The van der Waals surface area contributed by atoms with Crippen molar-refractivity contribution in [3.8, 4) is 0 Å². The first-order chi connectivity index (χ1) is 18.8. The number of amides is 3. The number of pyridine rings is 1. The fourth-order valence-electron chi connectivity index (χ4n) is 5.96. The van der Waals surface area contributed by atoms with E-state index in [1.807, 2.05) is 31.0 Å². The van der Waals surface area contributed by atoms with Gasteiger partial charge in [-0.05, 0) is 84.6 Å². The highest BCUT2D eigenvalue weighted by molar-refractivity contribution is 9.10. The number of benzene rings is 1. The molecule has 210 valence electrons. The quantitative estimate of drug-likeness (QED) is 0.334. The van der Waals surface area contributed by atoms with E-state index < -0.39 is 0 Å². The zero-order valence-electron chi connectivity index (χ0n) is 22.9. The van der Waals surface area contributed by atoms with Crippen LogP contribution in [0.4, 0.5) is 4.79 Å². The molecule has 2 aliphatic heterocycles. The van der Waals surface area contributed by atoms with Crippen molar-refractivity contribution in [3.05, 3.63) is 67.9 Å². The molecule has 6 nitrogen and oxygen atoms in total. The van der Waals surface area contributed by atoms with Gasteiger partial charge >= 0.3 is 6.03 Å². The number of hydrogen-bond acceptors (Lipinski definition) is 3. The Morgan fingerprint density at radius 1 is 1.05 bits per heavy atom. The van der Waals surface area contributed by atoms with E-state index in [2.05, 4.69) is 43.4 Å². The minimum atomic E-state index is -0.363. The summed E-state index contributed by atoms with van der Waals surface area (Å²) in [6.07, 6.45) is 10.2. The Bertz CT molecular complexity index is 1240. The van der Waals surface area contributed by atoms with E-state index in [0.29, 0.717) is 25.4 Å². The van der Waals surface area contributed by atoms with Crippen molar-refractivity contribution < 1.29 is 9.59 Å². The number of aromatic nitrogens is 1. The molecule has 2 aromatic rings. The topological polar surface area (TPSA) is 79.5 Å². The van der Waals surface area contributed by atoms with Crippen molar-refractivity contribution >= 4 is 54.0 Å². The fraction of sp³-hybridized carbons (Fsp3) is 0.500. The second-order valence-electron chi connectivity index (χ2n) is 10.4. The van der Waals surface area contributed by atoms with Crippen LogP contribution in [-0.4, -0.2) is 52.9 Å². The summed E-state index contributed by atoms with van der Waals surface area (Å²) >= 11 is 10.2. The number of nitrogens with two attached hydrogens (primary N) is 1. The molecule has 2 fully saturated rings. The minimum Gasteiger partial charge on any atom is -0.351 e. The largest absolute Gasteiger partial charge is 0.351 e. The third-order valence-corrected chi connectivity index (χ3v) is 9.21. The number of hydrogen-bond donors (Lipinski definition) is 1. The van der Waals surface area contributed by atoms with Crippen molar-refractivity contribution in [3.63, 3.8) is 0 Å². The van der Waals surface area contributed by atoms with Crippen LogP contribution in [0.2, 0.25) is 5.02 Å². The van der Waals surface area contributed by atoms with E-state index in [1.165, 1.54) is 22.3 Å². The zero-order chi connectivity index (χ0) is 28.1. The van der Waals surface area contributed by atoms with Crippen molar-refractivity contribution in [2.75, 3.05) is 26.2 Å². The van der Waals surface area contributed by atoms with Crippen LogP contribution in [0.25, 0.3) is 0 Å². The van der Waals surface area contributed by atoms with Crippen molar-refractivity contribution in [1.29, 1.82) is 0 Å². The van der Waals surface area contributed by atoms with Gasteiger partial charge in [-0.1, -0.05) is 53.0 Å². The van der Waals surface area contributed by atoms with Gasteiger partial charge in [-0.2, -0.15) is 0 Å². The predicted molar refractivity (Wildman–Crippen MR) is 166 cm³/mol. The number of rotatable bonds is 3. The van der Waals surface area contributed by atoms with Gasteiger partial charge in [-0.25, -0.2) is 4.79 Å². The number of likely N-dealkylation sites (tertiary alicyclic amines) is 2. The van der Waals surface area contributed by atoms with Gasteiger partial charge < -0.3 is 15.5 Å². The summed E-state index contributed by atoms with van der Waals surface area (Å²) in [6.45, 7) is 6.79. The molecule has 0 spiro atoms. The van der Waals surface area contributed by atoms with E-state index in [0.717, 1.165) is 72.1 Å². The fourth-order valence-corrected chi connectivity index (χ4v) is 7.36. The number of urea groups is 1. The molecule has 0 bridgehead atoms. The zero-order valence-corrected chi connectivity index (χ0v) is 26.4. The Morgan fingerprint density at radius 2 is 1.72 bits per heavy atom. The predicted octanol–water partition coefficient (Wildman–Crippen LogP) is 5.98. The van der Waals surface area contributed by atoms with Crippen LogP contribution in [0.15, 0.2) is 40.5 Å². The Morgan fingerprint density at radius 3 is 2.38 bits per heavy atom. The molecule has 1 unspecified atom stereocenters. The Labute approximate surface area is 248 Å². The van der Waals surface area contributed by atoms with Crippen molar-refractivity contribution in [1.82, 2.24) is 14.8 Å². The number of piperidine rings is 2. The molecule has 0 radical (unpaired) electrons. The van der Waals surface area contributed by atoms with E-state index in [-0.39, 0.29) is 17.9 Å². The molecule has 9 heteroatoms. The van der Waals surface area contributed by atoms with E-state index in [9.17, 15) is 9.59 Å². The van der Waals surface area contributed by atoms with Gasteiger partial charge in [-0.15, -0.1) is 9.24 Å². The molecule has 39 heavy (non-hydrogen) atoms. The lowest BCUT2D eigenvalue weighted by Gasteiger charge is -2.33. The molecule has 1 aromatic heterocycles. The molecule has 2 saturated heterocycles. The molecule has 1 aliphatic carbocycles. The monoisotopic (exact) mass is 632 g/mol. The highest BCUT2D eigenvalue weighted by atomic mass is 79.9. The van der Waals surface area contributed by atoms with Gasteiger partial charge in [0.15, 0.2) is 0 Å². The normalized spacial score (nSPS) is 19.3. The summed E-state index contributed by atoms with van der Waals surface area (Å²) in [7, 11) is 2.76. The number of carbonyl (C=O) groups excluding carboxylic acids is 2. The van der Waals surface area contributed by atoms with Crippen LogP contribution in [0.5, 0.6) is 0 Å². The summed E-state index contributed by atoms with van der Waals surface area (Å²) in [6, 6.07) is 5.94. The summed E-state index contributed by atoms with van der Waals surface area (Å²) in [5.74, 6) is 0.613. The molecule has 5 rings (SSSR count). The summed E-state index contributed by atoms with van der Waals surface area (Å²) in [5, 5.41) is 1.84. The molecule has 1 aromatic carbocycles. The number of halogens is 2. The minimum absolute atomic E-state index is 0.0532. The maximum Gasteiger partial charge on any atom is 0.314 e. The number of fused-ring (bicyclic) bond motifs is 2. The highest BCUT2D eigenvalue weighted by Gasteiger charge is 2.29. The van der Waals surface area contributed by atoms with Gasteiger partial charge in [0.25, 0.3) is 0 Å². The molecule has 3 amide bonds. The van der Waals surface area contributed by atoms with Gasteiger partial charge in [0, 0.05) is 54.2 Å². The number of aryl methyl sites for hydroxylation is 2. The van der Waals surface area contributed by atoms with Crippen LogP contribution < -0.4 is 11.0 Å². The molecular formula is C30H39BrClN4O2P. The lowest BCUT2D eigenvalue weighted by Crippen LogP contribution is -2.43. The van der Waals surface area contributed by atoms with Gasteiger partial charge in [0.2, 0.25) is 5.91 Å².